The van der Waals surface area contributed by atoms with Crippen LogP contribution in [-0.2, 0) is 4.79 Å². The van der Waals surface area contributed by atoms with E-state index in [1.54, 1.807) is 6.08 Å². The summed E-state index contributed by atoms with van der Waals surface area (Å²) in [6.45, 7) is 2.17. The fourth-order valence-electron chi connectivity index (χ4n) is 2.57. The predicted octanol–water partition coefficient (Wildman–Crippen LogP) is 1.83. The summed E-state index contributed by atoms with van der Waals surface area (Å²) < 4.78 is 0. The molecule has 2 aliphatic rings. The maximum atomic E-state index is 11.2. The lowest BCUT2D eigenvalue weighted by molar-refractivity contribution is -0.116. The minimum atomic E-state index is -0.358. The molecule has 0 aromatic carbocycles. The second-order valence-electron chi connectivity index (χ2n) is 4.53. The van der Waals surface area contributed by atoms with Gasteiger partial charge in [-0.1, -0.05) is 6.92 Å². The number of fused-ring (bicyclic) bond motifs is 1. The number of ketones is 1. The van der Waals surface area contributed by atoms with Crippen LogP contribution in [0.3, 0.4) is 0 Å². The molecule has 0 spiro atoms. The van der Waals surface area contributed by atoms with Crippen molar-refractivity contribution in [3.63, 3.8) is 0 Å². The molecule has 1 N–H and O–H groups in total. The van der Waals surface area contributed by atoms with E-state index in [4.69, 9.17) is 0 Å². The van der Waals surface area contributed by atoms with Gasteiger partial charge in [0.1, 0.15) is 0 Å². The molecule has 0 amide bonds. The van der Waals surface area contributed by atoms with Crippen molar-refractivity contribution < 1.29 is 9.90 Å². The van der Waals surface area contributed by atoms with Crippen LogP contribution in [0, 0.1) is 5.41 Å². The van der Waals surface area contributed by atoms with Crippen LogP contribution in [-0.4, -0.2) is 17.0 Å². The van der Waals surface area contributed by atoms with Gasteiger partial charge in [0, 0.05) is 6.42 Å². The fraction of sp³-hybridized carbons (Fsp3) is 0.727. The lowest BCUT2D eigenvalue weighted by Gasteiger charge is -2.41. The highest BCUT2D eigenvalue weighted by Crippen LogP contribution is 2.46. The third-order valence-corrected chi connectivity index (χ3v) is 3.50. The molecular weight excluding hydrogens is 164 g/mol. The van der Waals surface area contributed by atoms with E-state index in [0.717, 1.165) is 31.3 Å². The average molecular weight is 180 g/mol. The molecule has 0 radical (unpaired) electrons. The molecule has 1 fully saturated rings. The molecule has 2 aliphatic carbocycles. The van der Waals surface area contributed by atoms with E-state index in [1.165, 1.54) is 0 Å². The van der Waals surface area contributed by atoms with Gasteiger partial charge in [-0.3, -0.25) is 4.79 Å². The van der Waals surface area contributed by atoms with Crippen molar-refractivity contribution >= 4 is 5.78 Å². The smallest absolute Gasteiger partial charge is 0.155 e. The molecule has 0 aliphatic heterocycles. The second kappa shape index (κ2) is 2.95. The van der Waals surface area contributed by atoms with Crippen molar-refractivity contribution in [3.8, 4) is 0 Å². The summed E-state index contributed by atoms with van der Waals surface area (Å²) in [6, 6.07) is 0. The molecule has 2 atom stereocenters. The van der Waals surface area contributed by atoms with E-state index in [9.17, 15) is 9.90 Å². The van der Waals surface area contributed by atoms with Gasteiger partial charge in [-0.05, 0) is 42.7 Å². The normalized spacial score (nSPS) is 39.7. The summed E-state index contributed by atoms with van der Waals surface area (Å²) in [7, 11) is 0. The van der Waals surface area contributed by atoms with Crippen LogP contribution in [0.4, 0.5) is 0 Å². The van der Waals surface area contributed by atoms with Crippen LogP contribution in [0.25, 0.3) is 0 Å². The average Bonchev–Trinajstić information content (AvgIpc) is 2.08. The highest BCUT2D eigenvalue weighted by atomic mass is 16.3. The van der Waals surface area contributed by atoms with Gasteiger partial charge in [0.15, 0.2) is 5.78 Å². The van der Waals surface area contributed by atoms with Crippen molar-refractivity contribution in [1.82, 2.24) is 0 Å². The first-order valence-corrected chi connectivity index (χ1v) is 5.05. The van der Waals surface area contributed by atoms with Gasteiger partial charge in [-0.2, -0.15) is 0 Å². The number of hydrogen-bond donors (Lipinski definition) is 1. The van der Waals surface area contributed by atoms with Crippen LogP contribution < -0.4 is 0 Å². The monoisotopic (exact) mass is 180 g/mol. The molecule has 0 heterocycles. The summed E-state index contributed by atoms with van der Waals surface area (Å²) in [5, 5.41) is 9.77. The summed E-state index contributed by atoms with van der Waals surface area (Å²) in [4.78, 5) is 11.2. The summed E-state index contributed by atoms with van der Waals surface area (Å²) in [5.41, 5.74) is 1.11. The number of carbonyl (C=O) groups is 1. The van der Waals surface area contributed by atoms with Crippen LogP contribution in [0.5, 0.6) is 0 Å². The summed E-state index contributed by atoms with van der Waals surface area (Å²) in [6.07, 6.45) is 5.96. The Bertz CT molecular complexity index is 267. The molecule has 0 bridgehead atoms. The van der Waals surface area contributed by atoms with Crippen molar-refractivity contribution in [2.45, 2.75) is 45.1 Å². The first kappa shape index (κ1) is 8.95. The minimum absolute atomic E-state index is 0.117. The molecule has 0 aromatic rings. The van der Waals surface area contributed by atoms with E-state index in [-0.39, 0.29) is 17.3 Å². The SMILES string of the molecule is C[C@@]12CCC[C@H](O)C1=CC(=O)CC2. The number of aliphatic hydroxyl groups is 1. The van der Waals surface area contributed by atoms with Gasteiger partial charge in [-0.15, -0.1) is 0 Å². The molecule has 2 rings (SSSR count). The van der Waals surface area contributed by atoms with E-state index >= 15 is 0 Å². The number of aliphatic hydroxyl groups excluding tert-OH is 1. The van der Waals surface area contributed by atoms with Crippen molar-refractivity contribution in [3.05, 3.63) is 11.6 Å². The quantitative estimate of drug-likeness (QED) is 0.617. The summed E-state index contributed by atoms with van der Waals surface area (Å²) in [5.74, 6) is 0.188. The van der Waals surface area contributed by atoms with Gasteiger partial charge < -0.3 is 5.11 Å². The zero-order valence-electron chi connectivity index (χ0n) is 8.05. The maximum Gasteiger partial charge on any atom is 0.155 e. The Balaban J connectivity index is 2.34. The Morgan fingerprint density at radius 3 is 3.08 bits per heavy atom. The molecule has 72 valence electrons. The molecule has 0 saturated heterocycles. The van der Waals surface area contributed by atoms with Gasteiger partial charge in [0.25, 0.3) is 0 Å². The lowest BCUT2D eigenvalue weighted by Crippen LogP contribution is -2.35. The highest BCUT2D eigenvalue weighted by molar-refractivity contribution is 5.91. The second-order valence-corrected chi connectivity index (χ2v) is 4.53. The Hall–Kier alpha value is -0.630. The minimum Gasteiger partial charge on any atom is -0.389 e. The number of rotatable bonds is 0. The highest BCUT2D eigenvalue weighted by Gasteiger charge is 2.39. The molecule has 2 heteroatoms. The van der Waals surface area contributed by atoms with E-state index in [0.29, 0.717) is 6.42 Å². The Morgan fingerprint density at radius 2 is 2.31 bits per heavy atom. The largest absolute Gasteiger partial charge is 0.389 e. The van der Waals surface area contributed by atoms with Crippen LogP contribution >= 0.6 is 0 Å². The van der Waals surface area contributed by atoms with Crippen LogP contribution in [0.2, 0.25) is 0 Å². The summed E-state index contributed by atoms with van der Waals surface area (Å²) >= 11 is 0. The number of carbonyl (C=O) groups excluding carboxylic acids is 1. The molecule has 13 heavy (non-hydrogen) atoms. The van der Waals surface area contributed by atoms with E-state index in [1.807, 2.05) is 0 Å². The topological polar surface area (TPSA) is 37.3 Å². The van der Waals surface area contributed by atoms with Crippen molar-refractivity contribution in [2.75, 3.05) is 0 Å². The number of allylic oxidation sites excluding steroid dienone is 1. The molecule has 1 saturated carbocycles. The molecule has 0 unspecified atom stereocenters. The molecular formula is C11H16O2. The van der Waals surface area contributed by atoms with Gasteiger partial charge in [0.05, 0.1) is 6.10 Å². The first-order valence-electron chi connectivity index (χ1n) is 5.05. The Kier molecular flexibility index (Phi) is 2.03. The van der Waals surface area contributed by atoms with Gasteiger partial charge in [-0.25, -0.2) is 0 Å². The third kappa shape index (κ3) is 1.44. The van der Waals surface area contributed by atoms with Crippen LogP contribution in [0.15, 0.2) is 11.6 Å². The lowest BCUT2D eigenvalue weighted by atomic mass is 9.65. The number of hydrogen-bond acceptors (Lipinski definition) is 2. The fourth-order valence-corrected chi connectivity index (χ4v) is 2.57. The molecule has 2 nitrogen and oxygen atoms in total. The van der Waals surface area contributed by atoms with Gasteiger partial charge >= 0.3 is 0 Å². The third-order valence-electron chi connectivity index (χ3n) is 3.50. The van der Waals surface area contributed by atoms with Gasteiger partial charge in [0.2, 0.25) is 0 Å². The first-order chi connectivity index (χ1) is 6.12. The van der Waals surface area contributed by atoms with Crippen molar-refractivity contribution in [1.29, 1.82) is 0 Å². The van der Waals surface area contributed by atoms with E-state index < -0.39 is 0 Å². The molecule has 0 aromatic heterocycles. The Labute approximate surface area is 78.6 Å². The van der Waals surface area contributed by atoms with Crippen LogP contribution in [0.1, 0.15) is 39.0 Å². The van der Waals surface area contributed by atoms with E-state index in [2.05, 4.69) is 6.92 Å². The van der Waals surface area contributed by atoms with Crippen molar-refractivity contribution in [2.24, 2.45) is 5.41 Å². The standard InChI is InChI=1S/C11H16O2/c1-11-5-2-3-10(13)9(11)7-8(12)4-6-11/h7,10,13H,2-6H2,1H3/t10-,11-/m0/s1. The Morgan fingerprint density at radius 1 is 1.54 bits per heavy atom. The zero-order valence-corrected chi connectivity index (χ0v) is 8.05. The predicted molar refractivity (Wildman–Crippen MR) is 50.3 cm³/mol. The zero-order chi connectivity index (χ0) is 9.47. The maximum absolute atomic E-state index is 11.2.